The van der Waals surface area contributed by atoms with E-state index in [1.165, 1.54) is 25.7 Å². The first-order valence-corrected chi connectivity index (χ1v) is 6.53. The Morgan fingerprint density at radius 1 is 1.44 bits per heavy atom. The highest BCUT2D eigenvalue weighted by molar-refractivity contribution is 5.52. The number of rotatable bonds is 5. The minimum Gasteiger partial charge on any atom is -0.376 e. The van der Waals surface area contributed by atoms with E-state index in [1.54, 1.807) is 6.07 Å². The van der Waals surface area contributed by atoms with Gasteiger partial charge in [0.1, 0.15) is 11.9 Å². The molecule has 0 atom stereocenters. The number of hydrogen-bond donors (Lipinski definition) is 1. The largest absolute Gasteiger partial charge is 0.376 e. The lowest BCUT2D eigenvalue weighted by atomic mass is 10.2. The molecule has 2 rings (SSSR count). The topological polar surface area (TPSA) is 57.9 Å². The van der Waals surface area contributed by atoms with E-state index in [0.717, 1.165) is 5.69 Å². The number of nitrogens with one attached hydrogen (secondary N) is 1. The number of nitriles is 1. The SMILES string of the molecule is Cc1ccc(C#N)c(NCCOC2CCCC2)n1. The summed E-state index contributed by atoms with van der Waals surface area (Å²) in [5.41, 5.74) is 1.50. The molecule has 1 aromatic heterocycles. The molecule has 0 saturated heterocycles. The molecular formula is C14H19N3O. The van der Waals surface area contributed by atoms with Gasteiger partial charge in [-0.05, 0) is 31.9 Å². The average molecular weight is 245 g/mol. The average Bonchev–Trinajstić information content (AvgIpc) is 2.88. The minimum atomic E-state index is 0.438. The Balaban J connectivity index is 1.79. The molecule has 0 amide bonds. The van der Waals surface area contributed by atoms with Crippen molar-refractivity contribution in [2.75, 3.05) is 18.5 Å². The van der Waals surface area contributed by atoms with Crippen molar-refractivity contribution in [2.45, 2.75) is 38.7 Å². The van der Waals surface area contributed by atoms with Gasteiger partial charge in [0, 0.05) is 12.2 Å². The molecule has 0 aromatic carbocycles. The molecule has 0 bridgehead atoms. The zero-order valence-electron chi connectivity index (χ0n) is 10.8. The van der Waals surface area contributed by atoms with Crippen LogP contribution >= 0.6 is 0 Å². The third kappa shape index (κ3) is 3.44. The Morgan fingerprint density at radius 2 is 2.22 bits per heavy atom. The maximum Gasteiger partial charge on any atom is 0.144 e. The van der Waals surface area contributed by atoms with E-state index >= 15 is 0 Å². The molecule has 1 N–H and O–H groups in total. The second kappa shape index (κ2) is 6.36. The standard InChI is InChI=1S/C14H19N3O/c1-11-6-7-12(10-15)14(17-11)16-8-9-18-13-4-2-3-5-13/h6-7,13H,2-5,8-9H2,1H3,(H,16,17). The maximum atomic E-state index is 8.98. The molecule has 1 saturated carbocycles. The number of nitrogens with zero attached hydrogens (tertiary/aromatic N) is 2. The van der Waals surface area contributed by atoms with Crippen LogP contribution in [0.4, 0.5) is 5.82 Å². The van der Waals surface area contributed by atoms with E-state index in [9.17, 15) is 0 Å². The van der Waals surface area contributed by atoms with Gasteiger partial charge in [0.25, 0.3) is 0 Å². The number of anilines is 1. The maximum absolute atomic E-state index is 8.98. The summed E-state index contributed by atoms with van der Waals surface area (Å²) in [5.74, 6) is 0.660. The Kier molecular flexibility index (Phi) is 4.54. The molecule has 0 aliphatic heterocycles. The first-order chi connectivity index (χ1) is 8.79. The first-order valence-electron chi connectivity index (χ1n) is 6.53. The molecule has 1 aliphatic rings. The molecule has 96 valence electrons. The highest BCUT2D eigenvalue weighted by atomic mass is 16.5. The third-order valence-electron chi connectivity index (χ3n) is 3.21. The van der Waals surface area contributed by atoms with Crippen molar-refractivity contribution in [2.24, 2.45) is 0 Å². The number of ether oxygens (including phenoxy) is 1. The molecule has 1 heterocycles. The lowest BCUT2D eigenvalue weighted by Gasteiger charge is -2.12. The normalized spacial score (nSPS) is 15.6. The molecule has 0 unspecified atom stereocenters. The first kappa shape index (κ1) is 12.8. The zero-order valence-corrected chi connectivity index (χ0v) is 10.8. The Bertz CT molecular complexity index is 433. The molecule has 0 radical (unpaired) electrons. The summed E-state index contributed by atoms with van der Waals surface area (Å²) in [5, 5.41) is 12.1. The molecule has 4 nitrogen and oxygen atoms in total. The van der Waals surface area contributed by atoms with Gasteiger partial charge in [-0.2, -0.15) is 5.26 Å². The van der Waals surface area contributed by atoms with Crippen LogP contribution < -0.4 is 5.32 Å². The van der Waals surface area contributed by atoms with Crippen LogP contribution in [-0.2, 0) is 4.74 Å². The third-order valence-corrected chi connectivity index (χ3v) is 3.21. The van der Waals surface area contributed by atoms with Crippen LogP contribution in [0.1, 0.15) is 36.9 Å². The highest BCUT2D eigenvalue weighted by Crippen LogP contribution is 2.20. The Labute approximate surface area is 108 Å². The summed E-state index contributed by atoms with van der Waals surface area (Å²) >= 11 is 0. The van der Waals surface area contributed by atoms with Gasteiger partial charge in [-0.15, -0.1) is 0 Å². The van der Waals surface area contributed by atoms with Crippen LogP contribution in [0.2, 0.25) is 0 Å². The van der Waals surface area contributed by atoms with Crippen molar-refractivity contribution in [3.8, 4) is 6.07 Å². The number of hydrogen-bond acceptors (Lipinski definition) is 4. The van der Waals surface area contributed by atoms with E-state index in [4.69, 9.17) is 10.00 Å². The van der Waals surface area contributed by atoms with Gasteiger partial charge in [-0.3, -0.25) is 0 Å². The van der Waals surface area contributed by atoms with Gasteiger partial charge in [-0.25, -0.2) is 4.98 Å². The second-order valence-corrected chi connectivity index (χ2v) is 4.66. The van der Waals surface area contributed by atoms with Crippen molar-refractivity contribution < 1.29 is 4.74 Å². The summed E-state index contributed by atoms with van der Waals surface area (Å²) in [6.07, 6.45) is 5.39. The number of pyridine rings is 1. The zero-order chi connectivity index (χ0) is 12.8. The van der Waals surface area contributed by atoms with Crippen molar-refractivity contribution in [3.05, 3.63) is 23.4 Å². The van der Waals surface area contributed by atoms with E-state index in [1.807, 2.05) is 13.0 Å². The van der Waals surface area contributed by atoms with Gasteiger partial charge < -0.3 is 10.1 Å². The van der Waals surface area contributed by atoms with Crippen molar-refractivity contribution >= 4 is 5.82 Å². The van der Waals surface area contributed by atoms with Crippen LogP contribution in [0.5, 0.6) is 0 Å². The minimum absolute atomic E-state index is 0.438. The lowest BCUT2D eigenvalue weighted by molar-refractivity contribution is 0.0658. The lowest BCUT2D eigenvalue weighted by Crippen LogP contribution is -2.16. The molecule has 1 fully saturated rings. The van der Waals surface area contributed by atoms with Crippen LogP contribution in [0.3, 0.4) is 0 Å². The van der Waals surface area contributed by atoms with E-state index in [2.05, 4.69) is 16.4 Å². The van der Waals surface area contributed by atoms with E-state index < -0.39 is 0 Å². The quantitative estimate of drug-likeness (QED) is 0.810. The fraction of sp³-hybridized carbons (Fsp3) is 0.571. The van der Waals surface area contributed by atoms with Crippen LogP contribution in [0.15, 0.2) is 12.1 Å². The van der Waals surface area contributed by atoms with Crippen LogP contribution in [-0.4, -0.2) is 24.2 Å². The molecule has 1 aromatic rings. The fourth-order valence-electron chi connectivity index (χ4n) is 2.23. The summed E-state index contributed by atoms with van der Waals surface area (Å²) in [7, 11) is 0. The Morgan fingerprint density at radius 3 is 2.94 bits per heavy atom. The van der Waals surface area contributed by atoms with Gasteiger partial charge in [0.15, 0.2) is 0 Å². The highest BCUT2D eigenvalue weighted by Gasteiger charge is 2.14. The number of aryl methyl sites for hydroxylation is 1. The summed E-state index contributed by atoms with van der Waals surface area (Å²) in [6, 6.07) is 5.78. The van der Waals surface area contributed by atoms with Gasteiger partial charge in [-0.1, -0.05) is 12.8 Å². The number of aromatic nitrogens is 1. The smallest absolute Gasteiger partial charge is 0.144 e. The van der Waals surface area contributed by atoms with E-state index in [-0.39, 0.29) is 0 Å². The molecule has 0 spiro atoms. The van der Waals surface area contributed by atoms with Gasteiger partial charge in [0.05, 0.1) is 18.3 Å². The molecule has 4 heteroatoms. The summed E-state index contributed by atoms with van der Waals surface area (Å²) in [4.78, 5) is 4.32. The summed E-state index contributed by atoms with van der Waals surface area (Å²) in [6.45, 7) is 3.29. The van der Waals surface area contributed by atoms with Gasteiger partial charge in [0.2, 0.25) is 0 Å². The summed E-state index contributed by atoms with van der Waals surface area (Å²) < 4.78 is 5.76. The van der Waals surface area contributed by atoms with Crippen LogP contribution in [0.25, 0.3) is 0 Å². The van der Waals surface area contributed by atoms with Crippen molar-refractivity contribution in [3.63, 3.8) is 0 Å². The van der Waals surface area contributed by atoms with E-state index in [0.29, 0.717) is 30.6 Å². The monoisotopic (exact) mass is 245 g/mol. The Hall–Kier alpha value is -1.60. The molecule has 1 aliphatic carbocycles. The molecular weight excluding hydrogens is 226 g/mol. The fourth-order valence-corrected chi connectivity index (χ4v) is 2.23. The predicted octanol–water partition coefficient (Wildman–Crippen LogP) is 2.63. The van der Waals surface area contributed by atoms with Crippen molar-refractivity contribution in [1.82, 2.24) is 4.98 Å². The predicted molar refractivity (Wildman–Crippen MR) is 70.4 cm³/mol. The molecule has 18 heavy (non-hydrogen) atoms. The van der Waals surface area contributed by atoms with Gasteiger partial charge >= 0.3 is 0 Å². The van der Waals surface area contributed by atoms with Crippen molar-refractivity contribution in [1.29, 1.82) is 5.26 Å². The van der Waals surface area contributed by atoms with Crippen LogP contribution in [0, 0.1) is 18.3 Å². The second-order valence-electron chi connectivity index (χ2n) is 4.66.